The zero-order valence-electron chi connectivity index (χ0n) is 17.7. The van der Waals surface area contributed by atoms with Crippen LogP contribution in [0, 0.1) is 0 Å². The number of hydrogen-bond donors (Lipinski definition) is 0. The van der Waals surface area contributed by atoms with Crippen molar-refractivity contribution < 1.29 is 19.0 Å². The summed E-state index contributed by atoms with van der Waals surface area (Å²) in [5.41, 5.74) is 3.18. The topological polar surface area (TPSA) is 60.4 Å². The molecule has 0 aromatic heterocycles. The summed E-state index contributed by atoms with van der Waals surface area (Å²) in [6, 6.07) is 22.3. The van der Waals surface area contributed by atoms with Crippen LogP contribution in [0.25, 0.3) is 0 Å². The van der Waals surface area contributed by atoms with E-state index in [1.54, 1.807) is 38.5 Å². The maximum Gasteiger partial charge on any atom is 0.274 e. The molecule has 0 N–H and O–H groups in total. The molecule has 1 amide bonds. The maximum absolute atomic E-state index is 13.3. The van der Waals surface area contributed by atoms with Gasteiger partial charge in [0, 0.05) is 23.6 Å². The van der Waals surface area contributed by atoms with E-state index in [4.69, 9.17) is 19.3 Å². The zero-order valence-corrected chi connectivity index (χ0v) is 17.7. The standard InChI is InChI=1S/C25H24N2O4/c1-29-20-11-7-10-18(12-20)24-16-23(19-13-21(30-2)15-22(14-19)31-3)26-27(24)25(28)17-8-5-4-6-9-17/h4-15,24H,16H2,1-3H3/t24-/m1/s1. The third-order valence-corrected chi connectivity index (χ3v) is 5.30. The van der Waals surface area contributed by atoms with Gasteiger partial charge in [-0.1, -0.05) is 30.3 Å². The zero-order chi connectivity index (χ0) is 21.8. The van der Waals surface area contributed by atoms with E-state index < -0.39 is 0 Å². The van der Waals surface area contributed by atoms with Crippen LogP contribution in [0.2, 0.25) is 0 Å². The Balaban J connectivity index is 1.77. The molecule has 1 atom stereocenters. The van der Waals surface area contributed by atoms with E-state index in [1.807, 2.05) is 60.7 Å². The Kier molecular flexibility index (Phi) is 5.89. The number of methoxy groups -OCH3 is 3. The van der Waals surface area contributed by atoms with Crippen molar-refractivity contribution in [2.24, 2.45) is 5.10 Å². The van der Waals surface area contributed by atoms with Crippen LogP contribution in [0.1, 0.15) is 33.9 Å². The number of carbonyl (C=O) groups excluding carboxylic acids is 1. The molecule has 3 aromatic carbocycles. The second kappa shape index (κ2) is 8.92. The number of hydrazone groups is 1. The Morgan fingerprint density at radius 3 is 2.16 bits per heavy atom. The van der Waals surface area contributed by atoms with Gasteiger partial charge in [0.05, 0.1) is 33.1 Å². The molecule has 0 spiro atoms. The highest BCUT2D eigenvalue weighted by Crippen LogP contribution is 2.36. The highest BCUT2D eigenvalue weighted by atomic mass is 16.5. The quantitative estimate of drug-likeness (QED) is 0.584. The third-order valence-electron chi connectivity index (χ3n) is 5.30. The predicted molar refractivity (Wildman–Crippen MR) is 119 cm³/mol. The van der Waals surface area contributed by atoms with E-state index in [2.05, 4.69) is 0 Å². The van der Waals surface area contributed by atoms with E-state index >= 15 is 0 Å². The maximum atomic E-state index is 13.3. The average molecular weight is 416 g/mol. The molecule has 0 aliphatic carbocycles. The molecule has 6 nitrogen and oxygen atoms in total. The number of nitrogens with zero attached hydrogens (tertiary/aromatic N) is 2. The SMILES string of the molecule is COc1cc(OC)cc(C2=NN(C(=O)c3ccccc3)[C@@H](c3cccc(OC)c3)C2)c1. The second-order valence-electron chi connectivity index (χ2n) is 7.16. The Hall–Kier alpha value is -3.80. The lowest BCUT2D eigenvalue weighted by Crippen LogP contribution is -2.27. The van der Waals surface area contributed by atoms with Crippen molar-refractivity contribution in [2.45, 2.75) is 12.5 Å². The largest absolute Gasteiger partial charge is 0.497 e. The van der Waals surface area contributed by atoms with Crippen LogP contribution >= 0.6 is 0 Å². The van der Waals surface area contributed by atoms with Crippen LogP contribution in [0.4, 0.5) is 0 Å². The smallest absolute Gasteiger partial charge is 0.274 e. The van der Waals surface area contributed by atoms with Gasteiger partial charge in [0.25, 0.3) is 5.91 Å². The van der Waals surface area contributed by atoms with Crippen molar-refractivity contribution in [1.82, 2.24) is 5.01 Å². The predicted octanol–water partition coefficient (Wildman–Crippen LogP) is 4.70. The molecule has 3 aromatic rings. The Bertz CT molecular complexity index is 1090. The first-order valence-corrected chi connectivity index (χ1v) is 9.96. The van der Waals surface area contributed by atoms with E-state index in [9.17, 15) is 4.79 Å². The number of amides is 1. The lowest BCUT2D eigenvalue weighted by molar-refractivity contribution is 0.0711. The fraction of sp³-hybridized carbons (Fsp3) is 0.200. The summed E-state index contributed by atoms with van der Waals surface area (Å²) in [5.74, 6) is 1.92. The monoisotopic (exact) mass is 416 g/mol. The van der Waals surface area contributed by atoms with Crippen LogP contribution in [0.5, 0.6) is 17.2 Å². The number of hydrogen-bond acceptors (Lipinski definition) is 5. The molecule has 6 heteroatoms. The minimum atomic E-state index is -0.255. The molecule has 1 aliphatic heterocycles. The Labute approximate surface area is 181 Å². The number of carbonyl (C=O) groups is 1. The second-order valence-corrected chi connectivity index (χ2v) is 7.16. The van der Waals surface area contributed by atoms with Crippen molar-refractivity contribution in [2.75, 3.05) is 21.3 Å². The molecule has 31 heavy (non-hydrogen) atoms. The number of benzene rings is 3. The summed E-state index contributed by atoms with van der Waals surface area (Å²) in [5, 5.41) is 6.31. The molecule has 1 heterocycles. The van der Waals surface area contributed by atoms with Gasteiger partial charge in [0.2, 0.25) is 0 Å². The van der Waals surface area contributed by atoms with E-state index in [1.165, 1.54) is 0 Å². The fourth-order valence-corrected chi connectivity index (χ4v) is 3.67. The van der Waals surface area contributed by atoms with Gasteiger partial charge >= 0.3 is 0 Å². The molecule has 158 valence electrons. The van der Waals surface area contributed by atoms with E-state index in [-0.39, 0.29) is 11.9 Å². The number of rotatable bonds is 6. The van der Waals surface area contributed by atoms with Gasteiger partial charge in [-0.25, -0.2) is 5.01 Å². The van der Waals surface area contributed by atoms with Crippen LogP contribution in [0.3, 0.4) is 0 Å². The van der Waals surface area contributed by atoms with Crippen molar-refractivity contribution >= 4 is 11.6 Å². The highest BCUT2D eigenvalue weighted by molar-refractivity contribution is 6.05. The summed E-state index contributed by atoms with van der Waals surface area (Å²) in [6.45, 7) is 0. The first-order chi connectivity index (χ1) is 15.1. The minimum Gasteiger partial charge on any atom is -0.497 e. The van der Waals surface area contributed by atoms with E-state index in [0.29, 0.717) is 23.5 Å². The molecule has 0 saturated heterocycles. The molecule has 0 unspecified atom stereocenters. The molecule has 0 radical (unpaired) electrons. The molecule has 0 bridgehead atoms. The highest BCUT2D eigenvalue weighted by Gasteiger charge is 2.34. The third kappa shape index (κ3) is 4.23. The van der Waals surface area contributed by atoms with Crippen molar-refractivity contribution in [1.29, 1.82) is 0 Å². The van der Waals surface area contributed by atoms with Gasteiger partial charge in [0.15, 0.2) is 0 Å². The van der Waals surface area contributed by atoms with Gasteiger partial charge in [-0.05, 0) is 42.0 Å². The van der Waals surface area contributed by atoms with Gasteiger partial charge in [-0.15, -0.1) is 0 Å². The van der Waals surface area contributed by atoms with Gasteiger partial charge < -0.3 is 14.2 Å². The van der Waals surface area contributed by atoms with E-state index in [0.717, 1.165) is 22.6 Å². The van der Waals surface area contributed by atoms with Gasteiger partial charge in [-0.3, -0.25) is 4.79 Å². The van der Waals surface area contributed by atoms with Crippen molar-refractivity contribution in [3.8, 4) is 17.2 Å². The summed E-state index contributed by atoms with van der Waals surface area (Å²) < 4.78 is 16.2. The molecule has 1 aliphatic rings. The molecular weight excluding hydrogens is 392 g/mol. The summed E-state index contributed by atoms with van der Waals surface area (Å²) in [6.07, 6.45) is 0.558. The number of ether oxygens (including phenoxy) is 3. The normalized spacial score (nSPS) is 15.4. The molecule has 0 saturated carbocycles. The van der Waals surface area contributed by atoms with Crippen LogP contribution in [0.15, 0.2) is 77.9 Å². The van der Waals surface area contributed by atoms with Gasteiger partial charge in [0.1, 0.15) is 17.2 Å². The summed E-state index contributed by atoms with van der Waals surface area (Å²) in [4.78, 5) is 13.3. The summed E-state index contributed by atoms with van der Waals surface area (Å²) >= 11 is 0. The van der Waals surface area contributed by atoms with Crippen molar-refractivity contribution in [3.63, 3.8) is 0 Å². The minimum absolute atomic E-state index is 0.154. The average Bonchev–Trinajstić information content (AvgIpc) is 3.29. The Morgan fingerprint density at radius 2 is 1.52 bits per heavy atom. The van der Waals surface area contributed by atoms with Crippen LogP contribution in [-0.4, -0.2) is 38.0 Å². The molecular formula is C25H24N2O4. The molecule has 0 fully saturated rings. The first kappa shape index (κ1) is 20.5. The lowest BCUT2D eigenvalue weighted by Gasteiger charge is -2.22. The molecule has 4 rings (SSSR count). The fourth-order valence-electron chi connectivity index (χ4n) is 3.67. The van der Waals surface area contributed by atoms with Crippen LogP contribution < -0.4 is 14.2 Å². The lowest BCUT2D eigenvalue weighted by atomic mass is 9.97. The van der Waals surface area contributed by atoms with Crippen molar-refractivity contribution in [3.05, 3.63) is 89.5 Å². The van der Waals surface area contributed by atoms with Gasteiger partial charge in [-0.2, -0.15) is 5.10 Å². The van der Waals surface area contributed by atoms with Crippen LogP contribution in [-0.2, 0) is 0 Å². The first-order valence-electron chi connectivity index (χ1n) is 9.96. The summed E-state index contributed by atoms with van der Waals surface area (Å²) in [7, 11) is 4.85. The Morgan fingerprint density at radius 1 is 0.839 bits per heavy atom.